The van der Waals surface area contributed by atoms with Gasteiger partial charge in [-0.05, 0) is 73.4 Å². The third kappa shape index (κ3) is 4.97. The largest absolute Gasteiger partial charge is 0.493 e. The van der Waals surface area contributed by atoms with E-state index in [4.69, 9.17) is 9.47 Å². The Balaban J connectivity index is 1.40. The van der Waals surface area contributed by atoms with Crippen LogP contribution in [0.5, 0.6) is 11.5 Å². The van der Waals surface area contributed by atoms with E-state index in [1.54, 1.807) is 11.8 Å². The number of aromatic nitrogens is 4. The molecule has 0 amide bonds. The molecular formula is C23H30N5O2+. The molecule has 1 aromatic heterocycles. The fraction of sp³-hybridized carbons (Fsp3) is 0.435. The van der Waals surface area contributed by atoms with E-state index in [0.717, 1.165) is 24.0 Å². The van der Waals surface area contributed by atoms with Crippen LogP contribution >= 0.6 is 0 Å². The molecule has 3 aromatic rings. The lowest BCUT2D eigenvalue weighted by molar-refractivity contribution is -0.706. The van der Waals surface area contributed by atoms with Gasteiger partial charge >= 0.3 is 0 Å². The van der Waals surface area contributed by atoms with Crippen molar-refractivity contribution in [2.75, 3.05) is 7.11 Å². The SMILES string of the molecule is COc1cc(C[NH2+]C2CCCCC2)ccc1OCc1nnnn1-c1ccc(C)cc1. The summed E-state index contributed by atoms with van der Waals surface area (Å²) in [5.74, 6) is 2.06. The van der Waals surface area contributed by atoms with E-state index in [1.807, 2.05) is 30.3 Å². The Hall–Kier alpha value is -2.93. The van der Waals surface area contributed by atoms with Gasteiger partial charge in [-0.2, -0.15) is 4.68 Å². The summed E-state index contributed by atoms with van der Waals surface area (Å²) >= 11 is 0. The Labute approximate surface area is 177 Å². The zero-order chi connectivity index (χ0) is 20.8. The highest BCUT2D eigenvalue weighted by molar-refractivity contribution is 5.43. The molecule has 158 valence electrons. The second-order valence-corrected chi connectivity index (χ2v) is 7.95. The summed E-state index contributed by atoms with van der Waals surface area (Å²) in [5, 5.41) is 14.5. The van der Waals surface area contributed by atoms with E-state index in [0.29, 0.717) is 11.6 Å². The number of hydrogen-bond acceptors (Lipinski definition) is 5. The van der Waals surface area contributed by atoms with Crippen molar-refractivity contribution >= 4 is 0 Å². The molecule has 30 heavy (non-hydrogen) atoms. The predicted octanol–water partition coefficient (Wildman–Crippen LogP) is 2.95. The highest BCUT2D eigenvalue weighted by Gasteiger charge is 2.17. The third-order valence-corrected chi connectivity index (χ3v) is 5.73. The fourth-order valence-electron chi connectivity index (χ4n) is 3.96. The number of quaternary nitrogens is 1. The van der Waals surface area contributed by atoms with Crippen LogP contribution in [0, 0.1) is 6.92 Å². The van der Waals surface area contributed by atoms with Gasteiger partial charge in [0.2, 0.25) is 0 Å². The summed E-state index contributed by atoms with van der Waals surface area (Å²) in [6.45, 7) is 3.27. The topological polar surface area (TPSA) is 78.7 Å². The average molecular weight is 409 g/mol. The van der Waals surface area contributed by atoms with E-state index in [1.165, 1.54) is 43.2 Å². The van der Waals surface area contributed by atoms with E-state index in [9.17, 15) is 0 Å². The maximum absolute atomic E-state index is 6.01. The summed E-state index contributed by atoms with van der Waals surface area (Å²) in [6.07, 6.45) is 6.76. The average Bonchev–Trinajstić information content (AvgIpc) is 3.26. The van der Waals surface area contributed by atoms with Crippen LogP contribution in [0.25, 0.3) is 5.69 Å². The van der Waals surface area contributed by atoms with Crippen molar-refractivity contribution in [3.63, 3.8) is 0 Å². The van der Waals surface area contributed by atoms with Gasteiger partial charge in [0.25, 0.3) is 0 Å². The van der Waals surface area contributed by atoms with Crippen molar-refractivity contribution in [3.05, 3.63) is 59.4 Å². The molecular weight excluding hydrogens is 378 g/mol. The number of nitrogens with zero attached hydrogens (tertiary/aromatic N) is 4. The smallest absolute Gasteiger partial charge is 0.194 e. The summed E-state index contributed by atoms with van der Waals surface area (Å²) < 4.78 is 13.3. The monoisotopic (exact) mass is 408 g/mol. The number of benzene rings is 2. The van der Waals surface area contributed by atoms with Gasteiger partial charge in [0.15, 0.2) is 23.9 Å². The van der Waals surface area contributed by atoms with E-state index >= 15 is 0 Å². The van der Waals surface area contributed by atoms with Crippen LogP contribution in [-0.4, -0.2) is 33.4 Å². The summed E-state index contributed by atoms with van der Waals surface area (Å²) in [4.78, 5) is 0. The first kappa shape index (κ1) is 20.3. The molecule has 0 aliphatic heterocycles. The first-order valence-electron chi connectivity index (χ1n) is 10.7. The molecule has 0 unspecified atom stereocenters. The number of nitrogens with two attached hydrogens (primary N) is 1. The minimum absolute atomic E-state index is 0.255. The number of methoxy groups -OCH3 is 1. The summed E-state index contributed by atoms with van der Waals surface area (Å²) in [6, 6.07) is 15.0. The van der Waals surface area contributed by atoms with Gasteiger partial charge in [0.1, 0.15) is 6.54 Å². The third-order valence-electron chi connectivity index (χ3n) is 5.73. The minimum atomic E-state index is 0.255. The molecule has 0 bridgehead atoms. The Bertz CT molecular complexity index is 948. The van der Waals surface area contributed by atoms with E-state index in [2.05, 4.69) is 39.9 Å². The van der Waals surface area contributed by atoms with Crippen LogP contribution < -0.4 is 14.8 Å². The molecule has 1 aliphatic rings. The van der Waals surface area contributed by atoms with Crippen molar-refractivity contribution in [1.82, 2.24) is 20.2 Å². The van der Waals surface area contributed by atoms with Gasteiger partial charge in [-0.1, -0.05) is 24.1 Å². The highest BCUT2D eigenvalue weighted by Crippen LogP contribution is 2.28. The standard InChI is InChI=1S/C23H29N5O2/c1-17-8-11-20(12-9-17)28-23(25-26-27-28)16-30-21-13-10-18(14-22(21)29-2)15-24-19-6-4-3-5-7-19/h8-14,19,24H,3-7,15-16H2,1-2H3/p+1. The van der Waals surface area contributed by atoms with Crippen LogP contribution in [0.1, 0.15) is 49.1 Å². The first-order chi connectivity index (χ1) is 14.7. The predicted molar refractivity (Wildman–Crippen MR) is 114 cm³/mol. The molecule has 1 heterocycles. The van der Waals surface area contributed by atoms with Crippen molar-refractivity contribution in [1.29, 1.82) is 0 Å². The zero-order valence-corrected chi connectivity index (χ0v) is 17.8. The van der Waals surface area contributed by atoms with Gasteiger partial charge in [0.05, 0.1) is 18.8 Å². The number of aryl methyl sites for hydroxylation is 1. The Kier molecular flexibility index (Phi) is 6.59. The molecule has 0 saturated heterocycles. The first-order valence-corrected chi connectivity index (χ1v) is 10.7. The second kappa shape index (κ2) is 9.71. The summed E-state index contributed by atoms with van der Waals surface area (Å²) in [5.41, 5.74) is 3.34. The Morgan fingerprint density at radius 3 is 2.60 bits per heavy atom. The molecule has 7 nitrogen and oxygen atoms in total. The normalized spacial score (nSPS) is 14.6. The van der Waals surface area contributed by atoms with E-state index < -0.39 is 0 Å². The molecule has 2 N–H and O–H groups in total. The molecule has 1 aliphatic carbocycles. The molecule has 4 rings (SSSR count). The fourth-order valence-corrected chi connectivity index (χ4v) is 3.96. The maximum atomic E-state index is 6.01. The van der Waals surface area contributed by atoms with Crippen LogP contribution in [0.15, 0.2) is 42.5 Å². The number of tetrazole rings is 1. The minimum Gasteiger partial charge on any atom is -0.493 e. The van der Waals surface area contributed by atoms with Crippen LogP contribution in [0.2, 0.25) is 0 Å². The van der Waals surface area contributed by atoms with Crippen molar-refractivity contribution in [2.24, 2.45) is 0 Å². The second-order valence-electron chi connectivity index (χ2n) is 7.95. The van der Waals surface area contributed by atoms with Gasteiger partial charge in [-0.25, -0.2) is 0 Å². The van der Waals surface area contributed by atoms with Gasteiger partial charge in [-0.15, -0.1) is 5.10 Å². The molecule has 7 heteroatoms. The highest BCUT2D eigenvalue weighted by atomic mass is 16.5. The van der Waals surface area contributed by atoms with Crippen molar-refractivity contribution < 1.29 is 14.8 Å². The molecule has 0 atom stereocenters. The Morgan fingerprint density at radius 1 is 1.03 bits per heavy atom. The lowest BCUT2D eigenvalue weighted by Gasteiger charge is -2.20. The summed E-state index contributed by atoms with van der Waals surface area (Å²) in [7, 11) is 1.67. The molecule has 0 radical (unpaired) electrons. The van der Waals surface area contributed by atoms with Crippen LogP contribution in [0.3, 0.4) is 0 Å². The van der Waals surface area contributed by atoms with Crippen molar-refractivity contribution in [3.8, 4) is 17.2 Å². The van der Waals surface area contributed by atoms with Gasteiger partial charge in [-0.3, -0.25) is 0 Å². The zero-order valence-electron chi connectivity index (χ0n) is 17.8. The molecule has 1 fully saturated rings. The lowest BCUT2D eigenvalue weighted by Crippen LogP contribution is -2.88. The van der Waals surface area contributed by atoms with Crippen LogP contribution in [-0.2, 0) is 13.2 Å². The number of ether oxygens (including phenoxy) is 2. The van der Waals surface area contributed by atoms with Crippen LogP contribution in [0.4, 0.5) is 0 Å². The van der Waals surface area contributed by atoms with Gasteiger partial charge < -0.3 is 14.8 Å². The van der Waals surface area contributed by atoms with E-state index in [-0.39, 0.29) is 6.61 Å². The molecule has 2 aromatic carbocycles. The van der Waals surface area contributed by atoms with Gasteiger partial charge in [0, 0.05) is 5.56 Å². The molecule has 0 spiro atoms. The number of rotatable bonds is 8. The maximum Gasteiger partial charge on any atom is 0.194 e. The number of hydrogen-bond donors (Lipinski definition) is 1. The quantitative estimate of drug-likeness (QED) is 0.620. The van der Waals surface area contributed by atoms with Crippen molar-refractivity contribution in [2.45, 2.75) is 58.2 Å². The molecule has 1 saturated carbocycles. The lowest BCUT2D eigenvalue weighted by atomic mass is 9.95. The Morgan fingerprint density at radius 2 is 1.83 bits per heavy atom.